The molecule has 1 spiro atoms. The molecule has 0 aromatic heterocycles. The molecule has 0 saturated carbocycles. The summed E-state index contributed by atoms with van der Waals surface area (Å²) in [5.74, 6) is 1.56. The van der Waals surface area contributed by atoms with Crippen LogP contribution in [-0.2, 0) is 36.7 Å². The molecule has 0 amide bonds. The average Bonchev–Trinajstić information content (AvgIpc) is 3.84. The van der Waals surface area contributed by atoms with Gasteiger partial charge < -0.3 is 28.4 Å². The molecule has 1 aliphatic carbocycles. The Balaban J connectivity index is 1.16. The van der Waals surface area contributed by atoms with Gasteiger partial charge in [-0.25, -0.2) is 9.69 Å². The number of hydrogen-bond acceptors (Lipinski definition) is 9. The van der Waals surface area contributed by atoms with Gasteiger partial charge in [-0.3, -0.25) is 4.90 Å². The zero-order chi connectivity index (χ0) is 30.5. The van der Waals surface area contributed by atoms with Crippen LogP contribution in [0.25, 0.3) is 0 Å². The number of benzene rings is 3. The molecule has 0 radical (unpaired) electrons. The van der Waals surface area contributed by atoms with Crippen molar-refractivity contribution in [1.29, 1.82) is 0 Å². The van der Waals surface area contributed by atoms with Crippen LogP contribution >= 0.6 is 0 Å². The Labute approximate surface area is 263 Å². The lowest BCUT2D eigenvalue weighted by molar-refractivity contribution is -0.191. The molecule has 6 atom stereocenters. The van der Waals surface area contributed by atoms with E-state index in [2.05, 4.69) is 40.1 Å². The van der Waals surface area contributed by atoms with Crippen molar-refractivity contribution < 1.29 is 33.2 Å². The minimum Gasteiger partial charge on any atom is -0.497 e. The Morgan fingerprint density at radius 3 is 2.49 bits per heavy atom. The highest BCUT2D eigenvalue weighted by Crippen LogP contribution is 2.56. The maximum atomic E-state index is 14.5. The van der Waals surface area contributed by atoms with Crippen molar-refractivity contribution in [2.75, 3.05) is 34.1 Å². The summed E-state index contributed by atoms with van der Waals surface area (Å²) in [6.07, 6.45) is 2.83. The lowest BCUT2D eigenvalue weighted by Crippen LogP contribution is -2.48. The molecule has 234 valence electrons. The lowest BCUT2D eigenvalue weighted by atomic mass is 9.77. The Hall–Kier alpha value is -3.89. The van der Waals surface area contributed by atoms with Crippen LogP contribution in [0.4, 0.5) is 0 Å². The van der Waals surface area contributed by atoms with E-state index in [0.717, 1.165) is 60.5 Å². The molecule has 2 saturated heterocycles. The Bertz CT molecular complexity index is 1600. The van der Waals surface area contributed by atoms with Gasteiger partial charge in [0.25, 0.3) is 0 Å². The zero-order valence-electron chi connectivity index (χ0n) is 25.6. The predicted molar refractivity (Wildman–Crippen MR) is 164 cm³/mol. The number of methoxy groups -OCH3 is 2. The lowest BCUT2D eigenvalue weighted by Gasteiger charge is -2.39. The molecule has 9 nitrogen and oxygen atoms in total. The van der Waals surface area contributed by atoms with E-state index >= 15 is 0 Å². The molecular weight excluding hydrogens is 572 g/mol. The third kappa shape index (κ3) is 4.72. The number of nitrogens with zero attached hydrogens (tertiary/aromatic N) is 2. The molecule has 2 fully saturated rings. The van der Waals surface area contributed by atoms with Gasteiger partial charge in [0.05, 0.1) is 24.6 Å². The standard InChI is InChI=1S/C36H38N2O7/c1-40-29-20-36-15-9-16-37(36)17-14-25-18-27-28(43-22-42-27)19-26(25)30(36)32(29)44-34(39)33-31(24-12-7-4-8-13-24)38(35(41-2)45-33)21-23-10-5-3-6-11-23/h3-8,10-13,18-20,30-33,35H,9,14-17,21-22H2,1-2H3. The first-order valence-electron chi connectivity index (χ1n) is 15.8. The minimum absolute atomic E-state index is 0.166. The van der Waals surface area contributed by atoms with E-state index in [4.69, 9.17) is 28.4 Å². The number of hydrogen-bond donors (Lipinski definition) is 0. The molecule has 45 heavy (non-hydrogen) atoms. The summed E-state index contributed by atoms with van der Waals surface area (Å²) < 4.78 is 36.4. The van der Waals surface area contributed by atoms with Gasteiger partial charge in [-0.2, -0.15) is 0 Å². The number of fused-ring (bicyclic) bond motifs is 3. The normalized spacial score (nSPS) is 30.3. The van der Waals surface area contributed by atoms with Crippen LogP contribution < -0.4 is 9.47 Å². The first kappa shape index (κ1) is 28.6. The van der Waals surface area contributed by atoms with E-state index in [1.165, 1.54) is 5.56 Å². The van der Waals surface area contributed by atoms with Crippen LogP contribution in [0.3, 0.4) is 0 Å². The second-order valence-corrected chi connectivity index (χ2v) is 12.4. The highest BCUT2D eigenvalue weighted by atomic mass is 16.7. The molecular formula is C36H38N2O7. The highest BCUT2D eigenvalue weighted by molar-refractivity contribution is 5.77. The summed E-state index contributed by atoms with van der Waals surface area (Å²) in [5.41, 5.74) is 4.04. The summed E-state index contributed by atoms with van der Waals surface area (Å²) in [6.45, 7) is 2.64. The molecule has 4 aliphatic heterocycles. The van der Waals surface area contributed by atoms with Crippen molar-refractivity contribution in [2.45, 2.75) is 61.9 Å². The van der Waals surface area contributed by atoms with Crippen LogP contribution in [0.1, 0.15) is 47.1 Å². The maximum Gasteiger partial charge on any atom is 0.338 e. The fourth-order valence-corrected chi connectivity index (χ4v) is 8.23. The van der Waals surface area contributed by atoms with Crippen LogP contribution in [0, 0.1) is 0 Å². The summed E-state index contributed by atoms with van der Waals surface area (Å²) in [5, 5.41) is 0. The van der Waals surface area contributed by atoms with Gasteiger partial charge in [0.1, 0.15) is 5.76 Å². The van der Waals surface area contributed by atoms with Crippen molar-refractivity contribution in [3.63, 3.8) is 0 Å². The summed E-state index contributed by atoms with van der Waals surface area (Å²) in [6, 6.07) is 23.9. The average molecular weight is 611 g/mol. The van der Waals surface area contributed by atoms with Crippen LogP contribution in [-0.4, -0.2) is 74.0 Å². The fourth-order valence-electron chi connectivity index (χ4n) is 8.23. The second-order valence-electron chi connectivity index (χ2n) is 12.4. The molecule has 0 N–H and O–H groups in total. The van der Waals surface area contributed by atoms with Crippen molar-refractivity contribution in [1.82, 2.24) is 9.80 Å². The third-order valence-electron chi connectivity index (χ3n) is 10.2. The van der Waals surface area contributed by atoms with Gasteiger partial charge in [0.2, 0.25) is 13.2 Å². The fraction of sp³-hybridized carbons (Fsp3) is 0.417. The van der Waals surface area contributed by atoms with Crippen LogP contribution in [0.2, 0.25) is 0 Å². The molecule has 4 heterocycles. The second kappa shape index (κ2) is 11.5. The summed E-state index contributed by atoms with van der Waals surface area (Å²) in [7, 11) is 3.27. The summed E-state index contributed by atoms with van der Waals surface area (Å²) in [4.78, 5) is 19.1. The van der Waals surface area contributed by atoms with Crippen molar-refractivity contribution in [2.24, 2.45) is 0 Å². The highest BCUT2D eigenvalue weighted by Gasteiger charge is 2.59. The van der Waals surface area contributed by atoms with E-state index in [-0.39, 0.29) is 18.2 Å². The molecule has 9 heteroatoms. The first-order valence-corrected chi connectivity index (χ1v) is 15.8. The number of esters is 1. The topological polar surface area (TPSA) is 78.9 Å². The monoisotopic (exact) mass is 610 g/mol. The number of carbonyl (C=O) groups excluding carboxylic acids is 1. The van der Waals surface area contributed by atoms with E-state index in [1.54, 1.807) is 14.2 Å². The summed E-state index contributed by atoms with van der Waals surface area (Å²) >= 11 is 0. The van der Waals surface area contributed by atoms with Crippen LogP contribution in [0.15, 0.2) is 84.6 Å². The molecule has 8 rings (SSSR count). The van der Waals surface area contributed by atoms with Gasteiger partial charge in [0.15, 0.2) is 23.7 Å². The number of rotatable bonds is 7. The molecule has 5 aliphatic rings. The van der Waals surface area contributed by atoms with Crippen molar-refractivity contribution >= 4 is 5.97 Å². The van der Waals surface area contributed by atoms with E-state index < -0.39 is 30.6 Å². The quantitative estimate of drug-likeness (QED) is 0.347. The SMILES string of the molecule is COC1=CC23CCCN2CCc2cc4c(cc2C3C1OC(=O)C1OC(OC)N(Cc2ccccc2)C1c1ccccc1)OCO4. The van der Waals surface area contributed by atoms with E-state index in [1.807, 2.05) is 48.5 Å². The Morgan fingerprint density at radius 2 is 1.73 bits per heavy atom. The smallest absolute Gasteiger partial charge is 0.338 e. The maximum absolute atomic E-state index is 14.5. The largest absolute Gasteiger partial charge is 0.497 e. The number of ether oxygens (including phenoxy) is 6. The third-order valence-corrected chi connectivity index (χ3v) is 10.2. The minimum atomic E-state index is -0.919. The van der Waals surface area contributed by atoms with Gasteiger partial charge in [-0.15, -0.1) is 0 Å². The zero-order valence-corrected chi connectivity index (χ0v) is 25.6. The van der Waals surface area contributed by atoms with E-state index in [0.29, 0.717) is 12.3 Å². The molecule has 6 unspecified atom stereocenters. The van der Waals surface area contributed by atoms with Crippen LogP contribution in [0.5, 0.6) is 11.5 Å². The molecule has 3 aromatic rings. The Morgan fingerprint density at radius 1 is 0.978 bits per heavy atom. The molecule has 3 aromatic carbocycles. The van der Waals surface area contributed by atoms with Gasteiger partial charge >= 0.3 is 5.97 Å². The Kier molecular flexibility index (Phi) is 7.29. The molecule has 0 bridgehead atoms. The van der Waals surface area contributed by atoms with Gasteiger partial charge in [0, 0.05) is 20.2 Å². The number of carbonyl (C=O) groups is 1. The first-order chi connectivity index (χ1) is 22.1. The predicted octanol–water partition coefficient (Wildman–Crippen LogP) is 4.92. The van der Waals surface area contributed by atoms with Crippen molar-refractivity contribution in [3.8, 4) is 11.5 Å². The van der Waals surface area contributed by atoms with Gasteiger partial charge in [-0.05, 0) is 66.3 Å². The van der Waals surface area contributed by atoms with Crippen molar-refractivity contribution in [3.05, 3.63) is 107 Å². The van der Waals surface area contributed by atoms with E-state index in [9.17, 15) is 4.79 Å². The van der Waals surface area contributed by atoms with Gasteiger partial charge in [-0.1, -0.05) is 60.7 Å².